The molecule has 0 bridgehead atoms. The fourth-order valence-corrected chi connectivity index (χ4v) is 94.3. The van der Waals surface area contributed by atoms with E-state index in [2.05, 4.69) is 186 Å². The average Bonchev–Trinajstić information content (AvgIpc) is 0.740. The van der Waals surface area contributed by atoms with Crippen LogP contribution in [-0.2, 0) is 101 Å². The molecule has 2 fully saturated rings. The van der Waals surface area contributed by atoms with Crippen LogP contribution in [0.1, 0.15) is 108 Å². The van der Waals surface area contributed by atoms with E-state index in [9.17, 15) is 24.0 Å². The number of hydrogen-bond donors (Lipinski definition) is 0. The van der Waals surface area contributed by atoms with Gasteiger partial charge < -0.3 is 77.5 Å². The number of rotatable bonds is 43. The van der Waals surface area contributed by atoms with E-state index in [-0.39, 0.29) is 33.0 Å². The minimum absolute atomic E-state index is 0.0989. The number of hydrogen-bond acceptors (Lipinski definition) is 23. The summed E-state index contributed by atoms with van der Waals surface area (Å²) >= 11 is 0. The van der Waals surface area contributed by atoms with Gasteiger partial charge in [-0.3, -0.25) is 0 Å². The van der Waals surface area contributed by atoms with E-state index in [1.807, 2.05) is 19.6 Å². The molecule has 0 radical (unpaired) electrons. The first-order chi connectivity index (χ1) is 47.1. The zero-order valence-corrected chi connectivity index (χ0v) is 85.2. The summed E-state index contributed by atoms with van der Waals surface area (Å²) in [6.45, 7) is 83.0. The van der Waals surface area contributed by atoms with Gasteiger partial charge in [0.25, 0.3) is 0 Å². The van der Waals surface area contributed by atoms with Crippen molar-refractivity contribution in [3.63, 3.8) is 0 Å². The second-order valence-electron chi connectivity index (χ2n) is 35.6. The van der Waals surface area contributed by atoms with Crippen LogP contribution < -0.4 is 0 Å². The van der Waals surface area contributed by atoms with E-state index in [0.717, 1.165) is 0 Å². The molecule has 37 heteroatoms. The molecular formula is C68H142O23Si14. The van der Waals surface area contributed by atoms with Crippen LogP contribution in [0.4, 0.5) is 0 Å². The highest BCUT2D eigenvalue weighted by molar-refractivity contribution is 6.98. The topological polar surface area (TPSA) is 251 Å². The molecule has 105 heavy (non-hydrogen) atoms. The fraction of sp³-hybridized carbons (Fsp3) is 0.779. The lowest BCUT2D eigenvalue weighted by Gasteiger charge is -2.57. The van der Waals surface area contributed by atoms with Crippen molar-refractivity contribution < 1.29 is 101 Å². The highest BCUT2D eigenvalue weighted by atomic mass is 28.5. The van der Waals surface area contributed by atoms with E-state index in [4.69, 9.17) is 77.5 Å². The number of esters is 5. The summed E-state index contributed by atoms with van der Waals surface area (Å²) in [5, 5.41) is -2.03. The maximum atomic E-state index is 12.8. The SMILES string of the molecule is C=C(C)C(=O)OCCC[Si]1(C)O[Si](C)(CC[Si](C)(C)O[Si](C)(C)O[Si](C)(C)OC)O[Si](C)(CC[Si](C)(C)O[Si](C)(C)O[Si](C)(C)CC[Si]2(C)O[Si](C)(C(C)(C)CCOC(=O)C(=C)C)O[Si](C)(CCCOC(=O)C(=C)C)O[Si](C)(C(C)(C)CCOC(=O)C(=C)C)O2)O[Si](C)(C(C)(C)CCOC(=O)C(=C)C)O1. The normalized spacial score (nSPS) is 26.4. The maximum absolute atomic E-state index is 12.8. The summed E-state index contributed by atoms with van der Waals surface area (Å²) in [4.78, 5) is 63.8. The van der Waals surface area contributed by atoms with Gasteiger partial charge in [0.2, 0.25) is 0 Å². The Kier molecular flexibility index (Phi) is 36.2. The van der Waals surface area contributed by atoms with Gasteiger partial charge >= 0.3 is 124 Å². The van der Waals surface area contributed by atoms with Crippen LogP contribution in [0.2, 0.25) is 194 Å². The molecule has 2 heterocycles. The van der Waals surface area contributed by atoms with Gasteiger partial charge in [-0.15, -0.1) is 0 Å². The van der Waals surface area contributed by atoms with E-state index in [1.54, 1.807) is 41.7 Å². The minimum atomic E-state index is -3.53. The zero-order chi connectivity index (χ0) is 81.7. The van der Waals surface area contributed by atoms with Crippen molar-refractivity contribution >= 4 is 149 Å². The molecule has 2 saturated heterocycles. The molecule has 0 amide bonds. The number of carbonyl (C=O) groups is 5. The Morgan fingerprint density at radius 1 is 0.314 bits per heavy atom. The summed E-state index contributed by atoms with van der Waals surface area (Å²) in [5.41, 5.74) is 1.52. The third kappa shape index (κ3) is 32.5. The predicted octanol–water partition coefficient (Wildman–Crippen LogP) is 18.0. The molecule has 608 valence electrons. The fourth-order valence-electron chi connectivity index (χ4n) is 12.9. The van der Waals surface area contributed by atoms with Crippen molar-refractivity contribution in [2.24, 2.45) is 0 Å². The van der Waals surface area contributed by atoms with Gasteiger partial charge in [-0.1, -0.05) is 74.4 Å². The summed E-state index contributed by atoms with van der Waals surface area (Å²) in [6.07, 6.45) is 2.16. The Labute approximate surface area is 649 Å². The quantitative estimate of drug-likeness (QED) is 0.0181. The first-order valence-corrected chi connectivity index (χ1v) is 74.5. The number of carbonyl (C=O) groups excluding carboxylic acids is 5. The second-order valence-corrected chi connectivity index (χ2v) is 89.8. The Balaban J connectivity index is 2.83. The Bertz CT molecular complexity index is 3010. The van der Waals surface area contributed by atoms with Crippen molar-refractivity contribution in [1.29, 1.82) is 0 Å². The monoisotopic (exact) mass is 1720 g/mol. The highest BCUT2D eigenvalue weighted by Crippen LogP contribution is 2.54. The van der Waals surface area contributed by atoms with Gasteiger partial charge in [0.05, 0.1) is 33.0 Å². The van der Waals surface area contributed by atoms with Gasteiger partial charge in [0.15, 0.2) is 25.0 Å². The standard InChI is InChI=1S/C68H142O23Si14/c1-56(2)61(69)75-43-38-48-98(30)84-100(32,53-50-94(22,23)82-97(28,29)83-95(24,25)74-17)85-101(33,89-103(35,86-98)66(11,12)40-45-77-63(71)58(5)6)54-51-92(18,19)80-96(26,27)81-93(20,21)52-55-102(34)90-104(36,67(13,14)41-46-78-64(72)59(7)8)87-99(31,49-39-44-76-62(70)57(3)4)88-105(37,91-102)68(15,16)42-47-79-65(73)60(9)10/h1,3,5,7,9,38-55H2,2,4,6,8,10-37H3. The minimum Gasteiger partial charge on any atom is -0.462 e. The molecule has 0 aromatic heterocycles. The molecule has 0 N–H and O–H groups in total. The molecule has 6 unspecified atom stereocenters. The molecular weight excluding hydrogens is 1580 g/mol. The zero-order valence-electron chi connectivity index (χ0n) is 71.2. The van der Waals surface area contributed by atoms with Crippen LogP contribution >= 0.6 is 0 Å². The van der Waals surface area contributed by atoms with Gasteiger partial charge in [-0.2, -0.15) is 0 Å². The van der Waals surface area contributed by atoms with Gasteiger partial charge in [0.1, 0.15) is 0 Å². The third-order valence-electron chi connectivity index (χ3n) is 19.7. The predicted molar refractivity (Wildman–Crippen MR) is 450 cm³/mol. The lowest BCUT2D eigenvalue weighted by molar-refractivity contribution is -0.140. The molecule has 0 aromatic carbocycles. The molecule has 2 aliphatic rings. The molecule has 0 aromatic rings. The molecule has 6 atom stereocenters. The van der Waals surface area contributed by atoms with Gasteiger partial charge in [0, 0.05) is 50.1 Å². The smallest absolute Gasteiger partial charge is 0.333 e. The van der Waals surface area contributed by atoms with E-state index >= 15 is 0 Å². The third-order valence-corrected chi connectivity index (χ3v) is 83.8. The van der Waals surface area contributed by atoms with Crippen molar-refractivity contribution in [2.75, 3.05) is 40.1 Å². The first kappa shape index (κ1) is 99.6. The Hall–Kier alpha value is -1.43. The van der Waals surface area contributed by atoms with Crippen LogP contribution in [0, 0.1) is 0 Å². The number of ether oxygens (including phenoxy) is 5. The van der Waals surface area contributed by atoms with Crippen LogP contribution in [0.25, 0.3) is 0 Å². The molecule has 0 saturated carbocycles. The Morgan fingerprint density at radius 3 is 0.752 bits per heavy atom. The summed E-state index contributed by atoms with van der Waals surface area (Å²) in [7, 11) is -41.8. The van der Waals surface area contributed by atoms with Gasteiger partial charge in [-0.05, 0) is 246 Å². The lowest BCUT2D eigenvalue weighted by Crippen LogP contribution is -2.71. The first-order valence-electron chi connectivity index (χ1n) is 37.2. The van der Waals surface area contributed by atoms with Crippen molar-refractivity contribution in [3.8, 4) is 0 Å². The molecule has 2 aliphatic heterocycles. The van der Waals surface area contributed by atoms with E-state index in [1.165, 1.54) is 0 Å². The molecule has 23 nitrogen and oxygen atoms in total. The van der Waals surface area contributed by atoms with Crippen LogP contribution in [0.3, 0.4) is 0 Å². The average molecular weight is 1720 g/mol. The van der Waals surface area contributed by atoms with Gasteiger partial charge in [-0.25, -0.2) is 24.0 Å². The van der Waals surface area contributed by atoms with Crippen LogP contribution in [0.5, 0.6) is 0 Å². The lowest BCUT2D eigenvalue weighted by atomic mass is 10.1. The van der Waals surface area contributed by atoms with E-state index in [0.29, 0.717) is 108 Å². The Morgan fingerprint density at radius 2 is 0.514 bits per heavy atom. The van der Waals surface area contributed by atoms with Crippen molar-refractivity contribution in [1.82, 2.24) is 0 Å². The summed E-state index contributed by atoms with van der Waals surface area (Å²) in [5.74, 6) is -2.37. The molecule has 0 spiro atoms. The molecule has 0 aliphatic carbocycles. The van der Waals surface area contributed by atoms with E-state index < -0.39 is 164 Å². The van der Waals surface area contributed by atoms with Crippen LogP contribution in [0.15, 0.2) is 60.8 Å². The summed E-state index contributed by atoms with van der Waals surface area (Å²) in [6, 6.07) is 4.61. The second kappa shape index (κ2) is 38.1. The maximum Gasteiger partial charge on any atom is 0.333 e. The van der Waals surface area contributed by atoms with Crippen molar-refractivity contribution in [3.05, 3.63) is 60.8 Å². The summed E-state index contributed by atoms with van der Waals surface area (Å²) < 4.78 is 125. The molecule has 2 rings (SSSR count). The van der Waals surface area contributed by atoms with Crippen LogP contribution in [-0.4, -0.2) is 189 Å². The van der Waals surface area contributed by atoms with Crippen molar-refractivity contribution in [2.45, 2.75) is 303 Å². The highest BCUT2D eigenvalue weighted by Gasteiger charge is 2.66. The largest absolute Gasteiger partial charge is 0.462 e.